The first-order chi connectivity index (χ1) is 6.27. The molecule has 0 bridgehead atoms. The van der Waals surface area contributed by atoms with E-state index in [9.17, 15) is 9.70 Å². The Labute approximate surface area is 76.2 Å². The predicted molar refractivity (Wildman–Crippen MR) is 48.1 cm³/mol. The molecule has 0 heterocycles. The van der Waals surface area contributed by atoms with Crippen molar-refractivity contribution < 1.29 is 9.53 Å². The van der Waals surface area contributed by atoms with Crippen LogP contribution in [0.2, 0.25) is 0 Å². The first-order valence-electron chi connectivity index (χ1n) is 4.03. The molecule has 1 aliphatic rings. The van der Waals surface area contributed by atoms with Gasteiger partial charge in [-0.15, -0.1) is 4.91 Å². The van der Waals surface area contributed by atoms with Gasteiger partial charge in [-0.25, -0.2) is 0 Å². The van der Waals surface area contributed by atoms with Crippen molar-refractivity contribution in [2.75, 3.05) is 13.7 Å². The van der Waals surface area contributed by atoms with E-state index < -0.39 is 5.91 Å². The van der Waals surface area contributed by atoms with Crippen LogP contribution in [0.1, 0.15) is 12.8 Å². The minimum absolute atomic E-state index is 0.481. The van der Waals surface area contributed by atoms with Gasteiger partial charge in [-0.05, 0) is 18.4 Å². The number of methoxy groups -OCH3 is 1. The molecule has 1 aliphatic carbocycles. The summed E-state index contributed by atoms with van der Waals surface area (Å²) >= 11 is 0. The summed E-state index contributed by atoms with van der Waals surface area (Å²) in [6.07, 6.45) is 4.80. The van der Waals surface area contributed by atoms with Gasteiger partial charge < -0.3 is 4.74 Å². The molecule has 0 aromatic heterocycles. The lowest BCUT2D eigenvalue weighted by Gasteiger charge is -2.10. The molecule has 0 radical (unpaired) electrons. The Morgan fingerprint density at radius 2 is 2.31 bits per heavy atom. The normalized spacial score (nSPS) is 16.1. The van der Waals surface area contributed by atoms with Gasteiger partial charge in [0.25, 0.3) is 0 Å². The minimum Gasteiger partial charge on any atom is -0.380 e. The fraction of sp³-hybridized carbons (Fsp3) is 0.444. The average Bonchev–Trinajstić information content (AvgIpc) is 2.18. The SMILES string of the molecule is COCC1=CC=C(C(=O)N=O)CC1. The molecule has 0 aromatic rings. The Balaban J connectivity index is 2.64. The van der Waals surface area contributed by atoms with Gasteiger partial charge in [-0.2, -0.15) is 0 Å². The molecule has 1 rings (SSSR count). The summed E-state index contributed by atoms with van der Waals surface area (Å²) in [4.78, 5) is 20.7. The van der Waals surface area contributed by atoms with Crippen molar-refractivity contribution in [3.05, 3.63) is 28.2 Å². The monoisotopic (exact) mass is 181 g/mol. The Morgan fingerprint density at radius 1 is 1.54 bits per heavy atom. The number of ether oxygens (including phenoxy) is 1. The number of nitrogens with zero attached hydrogens (tertiary/aromatic N) is 1. The van der Waals surface area contributed by atoms with E-state index in [-0.39, 0.29) is 0 Å². The highest BCUT2D eigenvalue weighted by atomic mass is 16.5. The van der Waals surface area contributed by atoms with Gasteiger partial charge in [-0.1, -0.05) is 12.2 Å². The summed E-state index contributed by atoms with van der Waals surface area (Å²) < 4.78 is 4.94. The van der Waals surface area contributed by atoms with Crippen LogP contribution >= 0.6 is 0 Å². The molecule has 0 spiro atoms. The summed E-state index contributed by atoms with van der Waals surface area (Å²) in [5, 5.41) is 2.37. The Morgan fingerprint density at radius 3 is 2.77 bits per heavy atom. The van der Waals surface area contributed by atoms with Crippen LogP contribution < -0.4 is 0 Å². The number of carbonyl (C=O) groups is 1. The van der Waals surface area contributed by atoms with E-state index >= 15 is 0 Å². The van der Waals surface area contributed by atoms with Crippen LogP contribution in [-0.2, 0) is 9.53 Å². The smallest absolute Gasteiger partial charge is 0.312 e. The van der Waals surface area contributed by atoms with Crippen molar-refractivity contribution in [1.82, 2.24) is 0 Å². The average molecular weight is 181 g/mol. The molecule has 4 heteroatoms. The molecule has 0 aliphatic heterocycles. The van der Waals surface area contributed by atoms with Gasteiger partial charge in [-0.3, -0.25) is 4.79 Å². The number of hydrogen-bond acceptors (Lipinski definition) is 3. The summed E-state index contributed by atoms with van der Waals surface area (Å²) in [6, 6.07) is 0. The summed E-state index contributed by atoms with van der Waals surface area (Å²) in [5.41, 5.74) is 1.61. The maximum atomic E-state index is 10.8. The minimum atomic E-state index is -0.660. The van der Waals surface area contributed by atoms with Gasteiger partial charge in [0.05, 0.1) is 6.61 Å². The molecule has 0 N–H and O–H groups in total. The summed E-state index contributed by atoms with van der Waals surface area (Å²) in [5.74, 6) is -0.660. The summed E-state index contributed by atoms with van der Waals surface area (Å²) in [7, 11) is 1.62. The second-order valence-electron chi connectivity index (χ2n) is 2.85. The summed E-state index contributed by atoms with van der Waals surface area (Å²) in [6.45, 7) is 0.576. The maximum absolute atomic E-state index is 10.8. The lowest BCUT2D eigenvalue weighted by Crippen LogP contribution is -2.04. The zero-order valence-electron chi connectivity index (χ0n) is 7.45. The van der Waals surface area contributed by atoms with Gasteiger partial charge >= 0.3 is 5.91 Å². The Hall–Kier alpha value is -1.29. The van der Waals surface area contributed by atoms with Crippen LogP contribution in [0.5, 0.6) is 0 Å². The molecule has 1 amide bonds. The highest BCUT2D eigenvalue weighted by Crippen LogP contribution is 2.19. The fourth-order valence-corrected chi connectivity index (χ4v) is 1.22. The van der Waals surface area contributed by atoms with Crippen molar-refractivity contribution in [2.24, 2.45) is 5.18 Å². The standard InChI is InChI=1S/C9H11NO3/c1-13-6-7-2-4-8(5-3-7)9(11)10-12/h2,4H,3,5-6H2,1H3. The molecular formula is C9H11NO3. The van der Waals surface area contributed by atoms with Crippen LogP contribution in [0.25, 0.3) is 0 Å². The zero-order valence-corrected chi connectivity index (χ0v) is 7.45. The maximum Gasteiger partial charge on any atom is 0.312 e. The predicted octanol–water partition coefficient (Wildman–Crippen LogP) is 1.57. The molecular weight excluding hydrogens is 170 g/mol. The number of rotatable bonds is 3. The quantitative estimate of drug-likeness (QED) is 0.621. The topological polar surface area (TPSA) is 55.7 Å². The highest BCUT2D eigenvalue weighted by molar-refractivity contribution is 5.94. The molecule has 0 unspecified atom stereocenters. The largest absolute Gasteiger partial charge is 0.380 e. The molecule has 0 saturated heterocycles. The number of allylic oxidation sites excluding steroid dienone is 2. The molecule has 0 aromatic carbocycles. The van der Waals surface area contributed by atoms with Gasteiger partial charge in [0.2, 0.25) is 0 Å². The second kappa shape index (κ2) is 4.67. The van der Waals surface area contributed by atoms with E-state index in [4.69, 9.17) is 4.74 Å². The molecule has 4 nitrogen and oxygen atoms in total. The lowest BCUT2D eigenvalue weighted by atomic mass is 9.98. The molecule has 13 heavy (non-hydrogen) atoms. The van der Waals surface area contributed by atoms with Crippen LogP contribution in [-0.4, -0.2) is 19.6 Å². The first-order valence-corrected chi connectivity index (χ1v) is 4.03. The van der Waals surface area contributed by atoms with Crippen molar-refractivity contribution in [3.8, 4) is 0 Å². The van der Waals surface area contributed by atoms with E-state index in [2.05, 4.69) is 5.18 Å². The molecule has 0 atom stereocenters. The van der Waals surface area contributed by atoms with Crippen LogP contribution in [0, 0.1) is 4.91 Å². The van der Waals surface area contributed by atoms with Gasteiger partial charge in [0, 0.05) is 17.9 Å². The van der Waals surface area contributed by atoms with Crippen LogP contribution in [0.15, 0.2) is 28.5 Å². The van der Waals surface area contributed by atoms with Crippen molar-refractivity contribution in [1.29, 1.82) is 0 Å². The van der Waals surface area contributed by atoms with Crippen LogP contribution in [0.4, 0.5) is 0 Å². The van der Waals surface area contributed by atoms with Gasteiger partial charge in [0.15, 0.2) is 0 Å². The zero-order chi connectivity index (χ0) is 9.68. The van der Waals surface area contributed by atoms with Crippen molar-refractivity contribution in [3.63, 3.8) is 0 Å². The number of carbonyl (C=O) groups excluding carboxylic acids is 1. The second-order valence-corrected chi connectivity index (χ2v) is 2.85. The van der Waals surface area contributed by atoms with E-state index in [0.29, 0.717) is 18.6 Å². The first kappa shape index (κ1) is 9.80. The lowest BCUT2D eigenvalue weighted by molar-refractivity contribution is -0.114. The third kappa shape index (κ3) is 2.59. The fourth-order valence-electron chi connectivity index (χ4n) is 1.22. The Bertz CT molecular complexity index is 279. The molecule has 0 fully saturated rings. The van der Waals surface area contributed by atoms with Gasteiger partial charge in [0.1, 0.15) is 0 Å². The van der Waals surface area contributed by atoms with E-state index in [1.54, 1.807) is 13.2 Å². The molecule has 0 saturated carbocycles. The third-order valence-electron chi connectivity index (χ3n) is 1.92. The number of nitroso groups, excluding NO2 is 1. The molecule has 70 valence electrons. The third-order valence-corrected chi connectivity index (χ3v) is 1.92. The van der Waals surface area contributed by atoms with Crippen molar-refractivity contribution in [2.45, 2.75) is 12.8 Å². The number of hydrogen-bond donors (Lipinski definition) is 0. The Kier molecular flexibility index (Phi) is 3.52. The van der Waals surface area contributed by atoms with Crippen molar-refractivity contribution >= 4 is 5.91 Å². The van der Waals surface area contributed by atoms with E-state index in [1.807, 2.05) is 6.08 Å². The highest BCUT2D eigenvalue weighted by Gasteiger charge is 2.13. The number of amides is 1. The van der Waals surface area contributed by atoms with E-state index in [1.165, 1.54) is 0 Å². The van der Waals surface area contributed by atoms with Crippen LogP contribution in [0.3, 0.4) is 0 Å². The van der Waals surface area contributed by atoms with E-state index in [0.717, 1.165) is 12.0 Å².